The second kappa shape index (κ2) is 5.46. The Kier molecular flexibility index (Phi) is 3.66. The van der Waals surface area contributed by atoms with Gasteiger partial charge in [-0.15, -0.1) is 0 Å². The molecule has 3 nitrogen and oxygen atoms in total. The molecule has 0 N–H and O–H groups in total. The van der Waals surface area contributed by atoms with E-state index in [-0.39, 0.29) is 17.5 Å². The highest BCUT2D eigenvalue weighted by molar-refractivity contribution is 5.91. The van der Waals surface area contributed by atoms with Crippen molar-refractivity contribution in [2.24, 2.45) is 29.1 Å². The largest absolute Gasteiger partial charge is 0.462 e. The van der Waals surface area contributed by atoms with Crippen LogP contribution in [0.25, 0.3) is 0 Å². The number of hydrogen-bond donors (Lipinski definition) is 0. The number of fused-ring (bicyclic) bond motifs is 5. The minimum Gasteiger partial charge on any atom is -0.462 e. The maximum absolute atomic E-state index is 11.7. The van der Waals surface area contributed by atoms with Gasteiger partial charge in [0.15, 0.2) is 5.78 Å². The maximum Gasteiger partial charge on any atom is 0.302 e. The molecule has 0 bridgehead atoms. The van der Waals surface area contributed by atoms with Crippen LogP contribution in [-0.4, -0.2) is 17.9 Å². The van der Waals surface area contributed by atoms with Crippen LogP contribution in [0, 0.1) is 29.1 Å². The number of ether oxygens (including phenoxy) is 1. The predicted molar refractivity (Wildman–Crippen MR) is 87.6 cm³/mol. The van der Waals surface area contributed by atoms with Crippen LogP contribution in [0.3, 0.4) is 0 Å². The SMILES string of the molecule is CC(=O)O[C@@H]1CC[C@@H]2[C@H]3CCC4=CC(=O)CC[C@H]4[C@@H]3CC[C@]21C. The van der Waals surface area contributed by atoms with Crippen molar-refractivity contribution in [3.63, 3.8) is 0 Å². The molecular weight excluding hydrogens is 288 g/mol. The summed E-state index contributed by atoms with van der Waals surface area (Å²) in [4.78, 5) is 23.2. The van der Waals surface area contributed by atoms with Gasteiger partial charge in [0.1, 0.15) is 6.10 Å². The normalized spacial score (nSPS) is 45.6. The zero-order valence-electron chi connectivity index (χ0n) is 14.3. The molecule has 23 heavy (non-hydrogen) atoms. The third-order valence-electron chi connectivity index (χ3n) is 7.52. The number of carbonyl (C=O) groups excluding carboxylic acids is 2. The summed E-state index contributed by atoms with van der Waals surface area (Å²) >= 11 is 0. The number of carbonyl (C=O) groups is 2. The Morgan fingerprint density at radius 3 is 2.74 bits per heavy atom. The van der Waals surface area contributed by atoms with Crippen molar-refractivity contribution in [3.8, 4) is 0 Å². The quantitative estimate of drug-likeness (QED) is 0.685. The Morgan fingerprint density at radius 2 is 1.96 bits per heavy atom. The topological polar surface area (TPSA) is 43.4 Å². The summed E-state index contributed by atoms with van der Waals surface area (Å²) in [6.45, 7) is 3.91. The molecule has 0 aromatic carbocycles. The van der Waals surface area contributed by atoms with E-state index in [1.54, 1.807) is 6.92 Å². The highest BCUT2D eigenvalue weighted by Crippen LogP contribution is 2.62. The van der Waals surface area contributed by atoms with E-state index in [2.05, 4.69) is 6.92 Å². The monoisotopic (exact) mass is 316 g/mol. The summed E-state index contributed by atoms with van der Waals surface area (Å²) in [5.74, 6) is 3.10. The van der Waals surface area contributed by atoms with Gasteiger partial charge in [0.25, 0.3) is 0 Å². The standard InChI is InChI=1S/C20H28O3/c1-12(21)23-19-8-7-18-17-5-3-13-11-14(22)4-6-15(13)16(17)9-10-20(18,19)2/h11,15-19H,3-10H2,1-2H3/t15-,16+,17+,18-,19-,20-/m1/s1. The summed E-state index contributed by atoms with van der Waals surface area (Å²) in [5, 5.41) is 0. The third-order valence-corrected chi connectivity index (χ3v) is 7.52. The van der Waals surface area contributed by atoms with Gasteiger partial charge < -0.3 is 4.74 Å². The number of ketones is 1. The highest BCUT2D eigenvalue weighted by Gasteiger charge is 2.57. The molecular formula is C20H28O3. The molecule has 3 heteroatoms. The molecule has 0 aromatic heterocycles. The zero-order valence-corrected chi connectivity index (χ0v) is 14.3. The highest BCUT2D eigenvalue weighted by atomic mass is 16.5. The molecule has 0 spiro atoms. The summed E-state index contributed by atoms with van der Waals surface area (Å²) in [5.41, 5.74) is 1.62. The van der Waals surface area contributed by atoms with E-state index >= 15 is 0 Å². The van der Waals surface area contributed by atoms with Gasteiger partial charge in [-0.2, -0.15) is 0 Å². The Bertz CT molecular complexity index is 563. The smallest absolute Gasteiger partial charge is 0.302 e. The van der Waals surface area contributed by atoms with Crippen molar-refractivity contribution in [1.82, 2.24) is 0 Å². The van der Waals surface area contributed by atoms with Crippen LogP contribution in [0.15, 0.2) is 11.6 Å². The van der Waals surface area contributed by atoms with Crippen molar-refractivity contribution in [3.05, 3.63) is 11.6 Å². The molecule has 0 amide bonds. The fourth-order valence-corrected chi connectivity index (χ4v) is 6.53. The molecule has 6 atom stereocenters. The molecule has 3 saturated carbocycles. The van der Waals surface area contributed by atoms with E-state index in [9.17, 15) is 9.59 Å². The lowest BCUT2D eigenvalue weighted by atomic mass is 9.52. The van der Waals surface area contributed by atoms with Gasteiger partial charge in [-0.05, 0) is 74.7 Å². The Balaban J connectivity index is 1.57. The molecule has 126 valence electrons. The fourth-order valence-electron chi connectivity index (χ4n) is 6.53. The number of esters is 1. The van der Waals surface area contributed by atoms with Gasteiger partial charge >= 0.3 is 5.97 Å². The molecule has 3 fully saturated rings. The zero-order chi connectivity index (χ0) is 16.2. The van der Waals surface area contributed by atoms with Crippen LogP contribution in [0.1, 0.15) is 65.2 Å². The lowest BCUT2D eigenvalue weighted by Crippen LogP contribution is -2.48. The minimum absolute atomic E-state index is 0.121. The van der Waals surface area contributed by atoms with Crippen molar-refractivity contribution in [2.45, 2.75) is 71.3 Å². The van der Waals surface area contributed by atoms with E-state index < -0.39 is 0 Å². The van der Waals surface area contributed by atoms with Gasteiger partial charge in [-0.3, -0.25) is 9.59 Å². The first kappa shape index (κ1) is 15.4. The van der Waals surface area contributed by atoms with Crippen LogP contribution in [0.4, 0.5) is 0 Å². The molecule has 4 rings (SSSR count). The molecule has 0 aromatic rings. The molecule has 0 radical (unpaired) electrons. The van der Waals surface area contributed by atoms with Gasteiger partial charge in [-0.1, -0.05) is 12.5 Å². The van der Waals surface area contributed by atoms with Crippen LogP contribution < -0.4 is 0 Å². The van der Waals surface area contributed by atoms with Gasteiger partial charge in [0.2, 0.25) is 0 Å². The molecule has 0 heterocycles. The summed E-state index contributed by atoms with van der Waals surface area (Å²) in [7, 11) is 0. The second-order valence-corrected chi connectivity index (χ2v) is 8.52. The third kappa shape index (κ3) is 2.38. The summed E-state index contributed by atoms with van der Waals surface area (Å²) < 4.78 is 5.69. The van der Waals surface area contributed by atoms with E-state index in [0.29, 0.717) is 17.6 Å². The van der Waals surface area contributed by atoms with Crippen molar-refractivity contribution < 1.29 is 14.3 Å². The molecule has 0 unspecified atom stereocenters. The van der Waals surface area contributed by atoms with E-state index in [1.807, 2.05) is 6.08 Å². The molecule has 4 aliphatic rings. The van der Waals surface area contributed by atoms with Gasteiger partial charge in [0.05, 0.1) is 0 Å². The fraction of sp³-hybridized carbons (Fsp3) is 0.800. The Morgan fingerprint density at radius 1 is 1.13 bits per heavy atom. The van der Waals surface area contributed by atoms with Crippen molar-refractivity contribution >= 4 is 11.8 Å². The summed E-state index contributed by atoms with van der Waals surface area (Å²) in [6.07, 6.45) is 10.9. The average Bonchev–Trinajstić information content (AvgIpc) is 2.83. The lowest BCUT2D eigenvalue weighted by Gasteiger charge is -2.53. The van der Waals surface area contributed by atoms with Crippen LogP contribution in [0.2, 0.25) is 0 Å². The van der Waals surface area contributed by atoms with E-state index in [4.69, 9.17) is 4.74 Å². The summed E-state index contributed by atoms with van der Waals surface area (Å²) in [6, 6.07) is 0. The number of hydrogen-bond acceptors (Lipinski definition) is 3. The molecule has 0 aliphatic heterocycles. The maximum atomic E-state index is 11.7. The predicted octanol–water partition coefficient (Wildman–Crippen LogP) is 4.06. The second-order valence-electron chi connectivity index (χ2n) is 8.52. The van der Waals surface area contributed by atoms with E-state index in [0.717, 1.165) is 37.5 Å². The van der Waals surface area contributed by atoms with Crippen LogP contribution >= 0.6 is 0 Å². The molecule has 0 saturated heterocycles. The molecule has 4 aliphatic carbocycles. The number of allylic oxidation sites excluding steroid dienone is 1. The first-order valence-corrected chi connectivity index (χ1v) is 9.39. The van der Waals surface area contributed by atoms with Crippen molar-refractivity contribution in [1.29, 1.82) is 0 Å². The number of rotatable bonds is 1. The van der Waals surface area contributed by atoms with E-state index in [1.165, 1.54) is 31.3 Å². The first-order chi connectivity index (χ1) is 11.0. The van der Waals surface area contributed by atoms with Gasteiger partial charge in [-0.25, -0.2) is 0 Å². The Labute approximate surface area is 138 Å². The minimum atomic E-state index is -0.126. The average molecular weight is 316 g/mol. The van der Waals surface area contributed by atoms with Gasteiger partial charge in [0, 0.05) is 18.8 Å². The van der Waals surface area contributed by atoms with Crippen LogP contribution in [-0.2, 0) is 14.3 Å². The lowest BCUT2D eigenvalue weighted by molar-refractivity contribution is -0.156. The first-order valence-electron chi connectivity index (χ1n) is 9.39. The van der Waals surface area contributed by atoms with Crippen LogP contribution in [0.5, 0.6) is 0 Å². The Hall–Kier alpha value is -1.12. The van der Waals surface area contributed by atoms with Crippen molar-refractivity contribution in [2.75, 3.05) is 0 Å².